The first-order valence-corrected chi connectivity index (χ1v) is 10.5. The molecule has 4 rings (SSSR count). The van der Waals surface area contributed by atoms with Crippen molar-refractivity contribution in [2.75, 3.05) is 31.5 Å². The van der Waals surface area contributed by atoms with Crippen molar-refractivity contribution in [1.29, 1.82) is 0 Å². The van der Waals surface area contributed by atoms with Gasteiger partial charge >= 0.3 is 0 Å². The fourth-order valence-corrected chi connectivity index (χ4v) is 4.39. The Morgan fingerprint density at radius 3 is 2.52 bits per heavy atom. The van der Waals surface area contributed by atoms with Gasteiger partial charge in [-0.1, -0.05) is 30.3 Å². The Bertz CT molecular complexity index is 918. The van der Waals surface area contributed by atoms with Crippen LogP contribution in [0.2, 0.25) is 0 Å². The fourth-order valence-electron chi connectivity index (χ4n) is 4.39. The molecule has 0 bridgehead atoms. The summed E-state index contributed by atoms with van der Waals surface area (Å²) in [7, 11) is 0. The number of aryl methyl sites for hydroxylation is 2. The first kappa shape index (κ1) is 19.6. The summed E-state index contributed by atoms with van der Waals surface area (Å²) < 4.78 is 0. The first-order valence-electron chi connectivity index (χ1n) is 10.5. The van der Waals surface area contributed by atoms with E-state index < -0.39 is 0 Å². The van der Waals surface area contributed by atoms with Gasteiger partial charge in [0, 0.05) is 25.3 Å². The molecule has 0 saturated carbocycles. The Labute approximate surface area is 172 Å². The fraction of sp³-hybridized carbons (Fsp3) is 0.417. The van der Waals surface area contributed by atoms with Crippen molar-refractivity contribution in [3.8, 4) is 0 Å². The average Bonchev–Trinajstić information content (AvgIpc) is 3.25. The van der Waals surface area contributed by atoms with Gasteiger partial charge in [-0.15, -0.1) is 0 Å². The van der Waals surface area contributed by atoms with Gasteiger partial charge in [0.2, 0.25) is 11.8 Å². The van der Waals surface area contributed by atoms with Gasteiger partial charge in [-0.3, -0.25) is 14.5 Å². The standard InChI is InChI=1S/C24H29N3O2/c1-17-9-10-20(15-18(17)2)25-22(28)16-27-14-11-19-7-3-4-8-21(19)23(27)24(29)26-12-5-6-13-26/h3-4,7-10,15,23H,5-6,11-14,16H2,1-2H3,(H,25,28)/t23-/m0/s1. The lowest BCUT2D eigenvalue weighted by molar-refractivity contribution is -0.137. The zero-order chi connectivity index (χ0) is 20.4. The Kier molecular flexibility index (Phi) is 5.67. The van der Waals surface area contributed by atoms with Gasteiger partial charge in [0.05, 0.1) is 6.54 Å². The molecule has 29 heavy (non-hydrogen) atoms. The van der Waals surface area contributed by atoms with Gasteiger partial charge in [-0.25, -0.2) is 0 Å². The molecule has 2 amide bonds. The molecule has 2 aliphatic heterocycles. The summed E-state index contributed by atoms with van der Waals surface area (Å²) in [6.45, 7) is 6.66. The molecule has 2 aliphatic rings. The highest BCUT2D eigenvalue weighted by Gasteiger charge is 2.37. The van der Waals surface area contributed by atoms with E-state index in [1.165, 1.54) is 11.1 Å². The van der Waals surface area contributed by atoms with E-state index in [1.807, 2.05) is 53.1 Å². The maximum atomic E-state index is 13.3. The van der Waals surface area contributed by atoms with Crippen LogP contribution < -0.4 is 5.32 Å². The van der Waals surface area contributed by atoms with Crippen molar-refractivity contribution in [2.24, 2.45) is 0 Å². The van der Waals surface area contributed by atoms with Gasteiger partial charge < -0.3 is 10.2 Å². The average molecular weight is 392 g/mol. The molecule has 1 fully saturated rings. The van der Waals surface area contributed by atoms with E-state index in [0.29, 0.717) is 6.54 Å². The molecule has 2 aromatic rings. The molecule has 0 spiro atoms. The van der Waals surface area contributed by atoms with Gasteiger partial charge in [0.1, 0.15) is 6.04 Å². The predicted octanol–water partition coefficient (Wildman–Crippen LogP) is 3.46. The lowest BCUT2D eigenvalue weighted by atomic mass is 9.91. The normalized spacial score (nSPS) is 19.1. The lowest BCUT2D eigenvalue weighted by Gasteiger charge is -2.37. The summed E-state index contributed by atoms with van der Waals surface area (Å²) in [4.78, 5) is 30.1. The van der Waals surface area contributed by atoms with Crippen LogP contribution >= 0.6 is 0 Å². The molecular formula is C24H29N3O2. The molecule has 5 nitrogen and oxygen atoms in total. The van der Waals surface area contributed by atoms with E-state index in [1.54, 1.807) is 0 Å². The molecule has 1 saturated heterocycles. The minimum atomic E-state index is -0.372. The van der Waals surface area contributed by atoms with Crippen LogP contribution in [0.4, 0.5) is 5.69 Å². The van der Waals surface area contributed by atoms with Crippen molar-refractivity contribution in [3.63, 3.8) is 0 Å². The maximum Gasteiger partial charge on any atom is 0.244 e. The molecule has 0 unspecified atom stereocenters. The van der Waals surface area contributed by atoms with Crippen LogP contribution in [0.3, 0.4) is 0 Å². The SMILES string of the molecule is Cc1ccc(NC(=O)CN2CCc3ccccc3[C@H]2C(=O)N2CCCC2)cc1C. The number of hydrogen-bond donors (Lipinski definition) is 1. The Hall–Kier alpha value is -2.66. The number of anilines is 1. The summed E-state index contributed by atoms with van der Waals surface area (Å²) in [5.74, 6) is 0.0560. The smallest absolute Gasteiger partial charge is 0.244 e. The van der Waals surface area contributed by atoms with Crippen LogP contribution in [0.1, 0.15) is 41.1 Å². The minimum Gasteiger partial charge on any atom is -0.341 e. The van der Waals surface area contributed by atoms with Crippen LogP contribution in [0.15, 0.2) is 42.5 Å². The lowest BCUT2D eigenvalue weighted by Crippen LogP contribution is -2.47. The van der Waals surface area contributed by atoms with E-state index in [4.69, 9.17) is 0 Å². The molecule has 0 radical (unpaired) electrons. The zero-order valence-electron chi connectivity index (χ0n) is 17.3. The van der Waals surface area contributed by atoms with Crippen LogP contribution in [0, 0.1) is 13.8 Å². The third-order valence-electron chi connectivity index (χ3n) is 6.17. The molecule has 2 aromatic carbocycles. The van der Waals surface area contributed by atoms with E-state index in [9.17, 15) is 9.59 Å². The number of likely N-dealkylation sites (tertiary alicyclic amines) is 1. The maximum absolute atomic E-state index is 13.3. The summed E-state index contributed by atoms with van der Waals surface area (Å²) in [6, 6.07) is 13.7. The van der Waals surface area contributed by atoms with Crippen LogP contribution in [0.5, 0.6) is 0 Å². The van der Waals surface area contributed by atoms with Crippen LogP contribution in [-0.2, 0) is 16.0 Å². The van der Waals surface area contributed by atoms with Crippen LogP contribution in [0.25, 0.3) is 0 Å². The number of carbonyl (C=O) groups is 2. The van der Waals surface area contributed by atoms with E-state index >= 15 is 0 Å². The van der Waals surface area contributed by atoms with E-state index in [2.05, 4.69) is 18.3 Å². The van der Waals surface area contributed by atoms with Gasteiger partial charge in [0.25, 0.3) is 0 Å². The Morgan fingerprint density at radius 1 is 1.00 bits per heavy atom. The number of nitrogens with one attached hydrogen (secondary N) is 1. The van der Waals surface area contributed by atoms with Gasteiger partial charge in [-0.05, 0) is 67.5 Å². The topological polar surface area (TPSA) is 52.7 Å². The number of carbonyl (C=O) groups excluding carboxylic acids is 2. The minimum absolute atomic E-state index is 0.0770. The highest BCUT2D eigenvalue weighted by Crippen LogP contribution is 2.32. The number of fused-ring (bicyclic) bond motifs is 1. The molecule has 0 aliphatic carbocycles. The second-order valence-corrected chi connectivity index (χ2v) is 8.20. The summed E-state index contributed by atoms with van der Waals surface area (Å²) in [5.41, 5.74) is 5.42. The predicted molar refractivity (Wildman–Crippen MR) is 115 cm³/mol. The third-order valence-corrected chi connectivity index (χ3v) is 6.17. The first-order chi connectivity index (χ1) is 14.0. The summed E-state index contributed by atoms with van der Waals surface area (Å²) in [5, 5.41) is 3.00. The third kappa shape index (κ3) is 4.20. The number of hydrogen-bond acceptors (Lipinski definition) is 3. The largest absolute Gasteiger partial charge is 0.341 e. The zero-order valence-corrected chi connectivity index (χ0v) is 17.3. The molecule has 2 heterocycles. The molecule has 152 valence electrons. The van der Waals surface area contributed by atoms with Crippen LogP contribution in [-0.4, -0.2) is 47.8 Å². The quantitative estimate of drug-likeness (QED) is 0.868. The van der Waals surface area contributed by atoms with Gasteiger partial charge in [0.15, 0.2) is 0 Å². The highest BCUT2D eigenvalue weighted by molar-refractivity contribution is 5.93. The summed E-state index contributed by atoms with van der Waals surface area (Å²) >= 11 is 0. The second kappa shape index (κ2) is 8.37. The van der Waals surface area contributed by atoms with E-state index in [-0.39, 0.29) is 24.4 Å². The number of rotatable bonds is 4. The number of amides is 2. The molecule has 1 N–H and O–H groups in total. The molecule has 5 heteroatoms. The molecule has 0 aromatic heterocycles. The van der Waals surface area contributed by atoms with Crippen molar-refractivity contribution >= 4 is 17.5 Å². The van der Waals surface area contributed by atoms with Crippen molar-refractivity contribution < 1.29 is 9.59 Å². The van der Waals surface area contributed by atoms with Crippen molar-refractivity contribution in [2.45, 2.75) is 39.2 Å². The van der Waals surface area contributed by atoms with E-state index in [0.717, 1.165) is 49.2 Å². The number of benzene rings is 2. The van der Waals surface area contributed by atoms with Gasteiger partial charge in [-0.2, -0.15) is 0 Å². The number of nitrogens with zero attached hydrogens (tertiary/aromatic N) is 2. The Morgan fingerprint density at radius 2 is 1.76 bits per heavy atom. The molecular weight excluding hydrogens is 362 g/mol. The Balaban J connectivity index is 1.53. The summed E-state index contributed by atoms with van der Waals surface area (Å²) in [6.07, 6.45) is 2.98. The molecule has 1 atom stereocenters. The van der Waals surface area contributed by atoms with Crippen molar-refractivity contribution in [1.82, 2.24) is 9.80 Å². The van der Waals surface area contributed by atoms with Crippen molar-refractivity contribution in [3.05, 3.63) is 64.7 Å². The highest BCUT2D eigenvalue weighted by atomic mass is 16.2. The monoisotopic (exact) mass is 391 g/mol. The second-order valence-electron chi connectivity index (χ2n) is 8.20.